The van der Waals surface area contributed by atoms with Gasteiger partial charge in [-0.3, -0.25) is 9.59 Å². The molecule has 1 fully saturated rings. The van der Waals surface area contributed by atoms with Gasteiger partial charge in [0.15, 0.2) is 0 Å². The Bertz CT molecular complexity index is 909. The minimum Gasteiger partial charge on any atom is -0.374 e. The van der Waals surface area contributed by atoms with Crippen LogP contribution in [0.1, 0.15) is 54.4 Å². The first-order valence-electron chi connectivity index (χ1n) is 9.97. The first-order chi connectivity index (χ1) is 13.0. The molecule has 0 radical (unpaired) electrons. The maximum atomic E-state index is 12.2. The molecule has 1 heterocycles. The van der Waals surface area contributed by atoms with Crippen molar-refractivity contribution in [3.63, 3.8) is 0 Å². The number of hydrogen-bond acceptors (Lipinski definition) is 3. The Morgan fingerprint density at radius 1 is 1.15 bits per heavy atom. The fourth-order valence-corrected chi connectivity index (χ4v) is 4.47. The van der Waals surface area contributed by atoms with Crippen LogP contribution in [0.4, 0.5) is 0 Å². The predicted molar refractivity (Wildman–Crippen MR) is 106 cm³/mol. The number of carbonyl (C=O) groups is 1. The Balaban J connectivity index is 1.79. The SMILES string of the molecule is Cc1cc(-c2ccc3c(c2COC2CCCC2)CC(=O)CC3)cn(C)c1=O. The molecule has 0 amide bonds. The molecule has 0 unspecified atom stereocenters. The molecule has 2 aromatic rings. The minimum atomic E-state index is 0.0237. The van der Waals surface area contributed by atoms with Crippen LogP contribution in [0.5, 0.6) is 0 Å². The number of fused-ring (bicyclic) bond motifs is 1. The van der Waals surface area contributed by atoms with Gasteiger partial charge in [0.2, 0.25) is 0 Å². The van der Waals surface area contributed by atoms with Crippen LogP contribution in [0.15, 0.2) is 29.2 Å². The van der Waals surface area contributed by atoms with Crippen molar-refractivity contribution >= 4 is 5.78 Å². The van der Waals surface area contributed by atoms with E-state index in [0.29, 0.717) is 31.3 Å². The molecule has 1 aromatic carbocycles. The first kappa shape index (κ1) is 18.2. The molecule has 142 valence electrons. The van der Waals surface area contributed by atoms with E-state index in [1.54, 1.807) is 11.6 Å². The molecule has 0 bridgehead atoms. The number of ether oxygens (including phenoxy) is 1. The molecule has 2 aliphatic carbocycles. The lowest BCUT2D eigenvalue weighted by Gasteiger charge is -2.23. The fraction of sp³-hybridized carbons (Fsp3) is 0.478. The van der Waals surface area contributed by atoms with Crippen LogP contribution in [-0.4, -0.2) is 16.5 Å². The summed E-state index contributed by atoms with van der Waals surface area (Å²) in [5, 5.41) is 0. The third-order valence-corrected chi connectivity index (χ3v) is 6.01. The number of aryl methyl sites for hydroxylation is 3. The molecule has 1 aromatic heterocycles. The smallest absolute Gasteiger partial charge is 0.253 e. The average Bonchev–Trinajstić information content (AvgIpc) is 3.17. The van der Waals surface area contributed by atoms with Crippen molar-refractivity contribution in [1.29, 1.82) is 0 Å². The Kier molecular flexibility index (Phi) is 5.00. The van der Waals surface area contributed by atoms with Crippen LogP contribution in [-0.2, 0) is 36.0 Å². The molecule has 0 saturated heterocycles. The molecule has 2 aliphatic rings. The monoisotopic (exact) mass is 365 g/mol. The Morgan fingerprint density at radius 2 is 1.93 bits per heavy atom. The third-order valence-electron chi connectivity index (χ3n) is 6.01. The third kappa shape index (κ3) is 3.63. The van der Waals surface area contributed by atoms with Gasteiger partial charge in [0.1, 0.15) is 5.78 Å². The van der Waals surface area contributed by atoms with E-state index in [1.807, 2.05) is 19.2 Å². The Labute approximate surface area is 160 Å². The summed E-state index contributed by atoms with van der Waals surface area (Å²) in [5.74, 6) is 0.304. The van der Waals surface area contributed by atoms with Gasteiger partial charge < -0.3 is 9.30 Å². The van der Waals surface area contributed by atoms with Crippen LogP contribution >= 0.6 is 0 Å². The molecule has 1 saturated carbocycles. The molecule has 0 aliphatic heterocycles. The summed E-state index contributed by atoms with van der Waals surface area (Å²) in [5.41, 5.74) is 6.39. The number of hydrogen-bond donors (Lipinski definition) is 0. The van der Waals surface area contributed by atoms with Gasteiger partial charge in [-0.25, -0.2) is 0 Å². The van der Waals surface area contributed by atoms with Crippen LogP contribution in [0.3, 0.4) is 0 Å². The standard InChI is InChI=1S/C23H27NO3/c1-15-11-17(13-24(2)23(15)26)20-10-8-16-7-9-18(25)12-21(16)22(20)14-27-19-5-3-4-6-19/h8,10-11,13,19H,3-7,9,12,14H2,1-2H3. The van der Waals surface area contributed by atoms with Crippen LogP contribution < -0.4 is 5.56 Å². The predicted octanol–water partition coefficient (Wildman–Crippen LogP) is 3.88. The highest BCUT2D eigenvalue weighted by Crippen LogP contribution is 2.33. The fourth-order valence-electron chi connectivity index (χ4n) is 4.47. The van der Waals surface area contributed by atoms with E-state index in [9.17, 15) is 9.59 Å². The summed E-state index contributed by atoms with van der Waals surface area (Å²) in [7, 11) is 1.79. The van der Waals surface area contributed by atoms with E-state index in [1.165, 1.54) is 18.4 Å². The van der Waals surface area contributed by atoms with Gasteiger partial charge in [0.25, 0.3) is 5.56 Å². The first-order valence-corrected chi connectivity index (χ1v) is 9.97. The molecular formula is C23H27NO3. The highest BCUT2D eigenvalue weighted by molar-refractivity contribution is 5.85. The lowest BCUT2D eigenvalue weighted by Crippen LogP contribution is -2.20. The molecule has 4 rings (SSSR count). The molecule has 4 heteroatoms. The van der Waals surface area contributed by atoms with E-state index >= 15 is 0 Å². The van der Waals surface area contributed by atoms with Gasteiger partial charge in [0, 0.05) is 31.6 Å². The number of benzene rings is 1. The number of Topliss-reactive ketones (excluding diaryl/α,β-unsaturated/α-hetero) is 1. The second-order valence-corrected chi connectivity index (χ2v) is 7.99. The Morgan fingerprint density at radius 3 is 2.67 bits per heavy atom. The Hall–Kier alpha value is -2.20. The van der Waals surface area contributed by atoms with Gasteiger partial charge in [0.05, 0.1) is 12.7 Å². The summed E-state index contributed by atoms with van der Waals surface area (Å²) in [6.45, 7) is 2.39. The summed E-state index contributed by atoms with van der Waals surface area (Å²) < 4.78 is 7.89. The number of pyridine rings is 1. The quantitative estimate of drug-likeness (QED) is 0.826. The van der Waals surface area contributed by atoms with Crippen LogP contribution in [0.25, 0.3) is 11.1 Å². The van der Waals surface area contributed by atoms with Crippen molar-refractivity contribution in [3.05, 3.63) is 57.0 Å². The van der Waals surface area contributed by atoms with E-state index < -0.39 is 0 Å². The molecule has 4 nitrogen and oxygen atoms in total. The summed E-state index contributed by atoms with van der Waals surface area (Å²) in [6.07, 6.45) is 8.90. The summed E-state index contributed by atoms with van der Waals surface area (Å²) in [6, 6.07) is 6.24. The van der Waals surface area contributed by atoms with Crippen molar-refractivity contribution in [1.82, 2.24) is 4.57 Å². The topological polar surface area (TPSA) is 48.3 Å². The molecular weight excluding hydrogens is 338 g/mol. The lowest BCUT2D eigenvalue weighted by atomic mass is 9.84. The average molecular weight is 365 g/mol. The number of nitrogens with zero attached hydrogens (tertiary/aromatic N) is 1. The molecule has 27 heavy (non-hydrogen) atoms. The van der Waals surface area contributed by atoms with Gasteiger partial charge in [-0.15, -0.1) is 0 Å². The van der Waals surface area contributed by atoms with Crippen LogP contribution in [0, 0.1) is 6.92 Å². The van der Waals surface area contributed by atoms with E-state index in [2.05, 4.69) is 12.1 Å². The molecule has 0 atom stereocenters. The highest BCUT2D eigenvalue weighted by Gasteiger charge is 2.23. The summed E-state index contributed by atoms with van der Waals surface area (Å²) >= 11 is 0. The second kappa shape index (κ2) is 7.43. The molecule has 0 N–H and O–H groups in total. The second-order valence-electron chi connectivity index (χ2n) is 7.99. The number of ketones is 1. The van der Waals surface area contributed by atoms with Gasteiger partial charge in [-0.05, 0) is 60.1 Å². The zero-order valence-electron chi connectivity index (χ0n) is 16.2. The normalized spacial score (nSPS) is 17.3. The van der Waals surface area contributed by atoms with E-state index in [0.717, 1.165) is 47.1 Å². The highest BCUT2D eigenvalue weighted by atomic mass is 16.5. The maximum absolute atomic E-state index is 12.2. The van der Waals surface area contributed by atoms with Crippen LogP contribution in [0.2, 0.25) is 0 Å². The largest absolute Gasteiger partial charge is 0.374 e. The minimum absolute atomic E-state index is 0.0237. The van der Waals surface area contributed by atoms with Crippen molar-refractivity contribution in [3.8, 4) is 11.1 Å². The van der Waals surface area contributed by atoms with E-state index in [4.69, 9.17) is 4.74 Å². The number of carbonyl (C=O) groups excluding carboxylic acids is 1. The molecule has 0 spiro atoms. The van der Waals surface area contributed by atoms with E-state index in [-0.39, 0.29) is 5.56 Å². The van der Waals surface area contributed by atoms with Crippen molar-refractivity contribution in [2.45, 2.75) is 64.6 Å². The van der Waals surface area contributed by atoms with Crippen molar-refractivity contribution in [2.24, 2.45) is 7.05 Å². The van der Waals surface area contributed by atoms with Gasteiger partial charge in [-0.2, -0.15) is 0 Å². The van der Waals surface area contributed by atoms with Crippen molar-refractivity contribution in [2.75, 3.05) is 0 Å². The number of rotatable bonds is 4. The van der Waals surface area contributed by atoms with Gasteiger partial charge in [-0.1, -0.05) is 25.0 Å². The van der Waals surface area contributed by atoms with Crippen molar-refractivity contribution < 1.29 is 9.53 Å². The zero-order chi connectivity index (χ0) is 19.0. The summed E-state index contributed by atoms with van der Waals surface area (Å²) in [4.78, 5) is 24.3. The maximum Gasteiger partial charge on any atom is 0.253 e. The zero-order valence-corrected chi connectivity index (χ0v) is 16.2. The van der Waals surface area contributed by atoms with Gasteiger partial charge >= 0.3 is 0 Å². The lowest BCUT2D eigenvalue weighted by molar-refractivity contribution is -0.118. The number of aromatic nitrogens is 1.